The van der Waals surface area contributed by atoms with Gasteiger partial charge in [-0.1, -0.05) is 0 Å². The van der Waals surface area contributed by atoms with Gasteiger partial charge in [0.15, 0.2) is 25.2 Å². The van der Waals surface area contributed by atoms with E-state index in [9.17, 15) is 81.1 Å². The molecule has 5 heterocycles. The zero-order chi connectivity index (χ0) is 47.9. The molecule has 0 aromatic carbocycles. The molecule has 1 aromatic heterocycles. The van der Waals surface area contributed by atoms with Crippen molar-refractivity contribution in [2.75, 3.05) is 52.9 Å². The molecule has 4 saturated heterocycles. The van der Waals surface area contributed by atoms with E-state index in [2.05, 4.69) is 0 Å². The molecule has 0 aliphatic carbocycles. The Morgan fingerprint density at radius 2 is 0.769 bits per heavy atom. The molecule has 4 aliphatic heterocycles. The third kappa shape index (κ3) is 11.6. The van der Waals surface area contributed by atoms with Gasteiger partial charge < -0.3 is 123 Å². The van der Waals surface area contributed by atoms with E-state index < -0.39 is 211 Å². The summed E-state index contributed by atoms with van der Waals surface area (Å²) in [6, 6.07) is 0. The molecular formula is C34H56N4O27. The fourth-order valence-corrected chi connectivity index (χ4v) is 7.10. The van der Waals surface area contributed by atoms with Crippen LogP contribution in [0.15, 0.2) is 4.42 Å². The normalized spacial score (nSPS) is 40.0. The molecule has 4 fully saturated rings. The van der Waals surface area contributed by atoms with E-state index in [0.29, 0.717) is 0 Å². The average molecular weight is 953 g/mol. The number of hydrazine groups is 2. The van der Waals surface area contributed by atoms with E-state index in [1.807, 2.05) is 0 Å². The smallest absolute Gasteiger partial charge is 0.304 e. The van der Waals surface area contributed by atoms with Crippen molar-refractivity contribution in [3.63, 3.8) is 0 Å². The molecule has 2 amide bonds. The number of aliphatic hydroxyl groups excluding tert-OH is 14. The standard InChI is InChI=1S/C34H56N4O27/c35-37-29(53)27-25(55-1-3-57-31-21(51)17(47)23(11(7-41)61-31)64-33-19(49)15(45)13(43)9(5-39)59-33)26(28(63-27)30(54)38-36)56-2-4-58-32-22(52)18(48)24(12(8-42)62-32)65-34-20(50)16(46)14(44)10(6-40)60-34/h9-24,31-34,39-52H,1-8,35-36H2,(H,37,53)(H,38,54)/t9-,10-,11-,12-,13-,14-,15+,16+,17-,18-,19-,20-,21-,22-,23-,24-,31+,32+,33-,34-/m1/s1. The molecule has 0 bridgehead atoms. The monoisotopic (exact) mass is 952 g/mol. The number of ether oxygens (including phenoxy) is 10. The van der Waals surface area contributed by atoms with Crippen molar-refractivity contribution in [3.8, 4) is 11.5 Å². The van der Waals surface area contributed by atoms with Crippen molar-refractivity contribution in [1.29, 1.82) is 0 Å². The van der Waals surface area contributed by atoms with Gasteiger partial charge in [-0.05, 0) is 0 Å². The Morgan fingerprint density at radius 1 is 0.446 bits per heavy atom. The number of nitrogen functional groups attached to an aromatic ring is 2. The van der Waals surface area contributed by atoms with Crippen molar-refractivity contribution < 1.29 is 133 Å². The lowest BCUT2D eigenvalue weighted by atomic mass is 9.97. The Bertz CT molecular complexity index is 1540. The first-order chi connectivity index (χ1) is 31.0. The molecule has 20 atom stereocenters. The minimum absolute atomic E-state index is 0.535. The third-order valence-electron chi connectivity index (χ3n) is 10.6. The highest BCUT2D eigenvalue weighted by Gasteiger charge is 2.52. The van der Waals surface area contributed by atoms with Crippen molar-refractivity contribution in [2.24, 2.45) is 11.7 Å². The summed E-state index contributed by atoms with van der Waals surface area (Å²) in [5.74, 6) is 5.66. The zero-order valence-corrected chi connectivity index (χ0v) is 33.9. The lowest BCUT2D eigenvalue weighted by Crippen LogP contribution is -2.64. The van der Waals surface area contributed by atoms with Gasteiger partial charge in [-0.3, -0.25) is 20.4 Å². The maximum absolute atomic E-state index is 12.7. The maximum atomic E-state index is 12.7. The maximum Gasteiger partial charge on any atom is 0.304 e. The highest BCUT2D eigenvalue weighted by Crippen LogP contribution is 2.39. The number of carbonyl (C=O) groups is 2. The molecule has 0 saturated carbocycles. The van der Waals surface area contributed by atoms with Gasteiger partial charge >= 0.3 is 11.8 Å². The highest BCUT2D eigenvalue weighted by molar-refractivity contribution is 6.00. The summed E-state index contributed by atoms with van der Waals surface area (Å²) in [4.78, 5) is 25.4. The quantitative estimate of drug-likeness (QED) is 0.0250. The molecule has 0 radical (unpaired) electrons. The largest absolute Gasteiger partial charge is 0.484 e. The molecule has 4 aliphatic rings. The van der Waals surface area contributed by atoms with Crippen molar-refractivity contribution >= 4 is 11.8 Å². The number of nitrogens with two attached hydrogens (primary N) is 2. The molecule has 1 aromatic rings. The van der Waals surface area contributed by atoms with Crippen LogP contribution in [0.4, 0.5) is 0 Å². The van der Waals surface area contributed by atoms with Crippen LogP contribution >= 0.6 is 0 Å². The molecule has 20 N–H and O–H groups in total. The third-order valence-corrected chi connectivity index (χ3v) is 10.6. The van der Waals surface area contributed by atoms with Crippen molar-refractivity contribution in [1.82, 2.24) is 10.9 Å². The molecule has 65 heavy (non-hydrogen) atoms. The van der Waals surface area contributed by atoms with Crippen molar-refractivity contribution in [3.05, 3.63) is 11.5 Å². The Balaban J connectivity index is 1.20. The Hall–Kier alpha value is -3.14. The second kappa shape index (κ2) is 23.7. The summed E-state index contributed by atoms with van der Waals surface area (Å²) in [5.41, 5.74) is 3.55. The van der Waals surface area contributed by atoms with Gasteiger partial charge in [-0.2, -0.15) is 0 Å². The van der Waals surface area contributed by atoms with E-state index in [1.54, 1.807) is 10.9 Å². The van der Waals surface area contributed by atoms with Crippen molar-refractivity contribution in [2.45, 2.75) is 123 Å². The van der Waals surface area contributed by atoms with Gasteiger partial charge in [0.25, 0.3) is 0 Å². The predicted octanol–water partition coefficient (Wildman–Crippen LogP) is -11.5. The summed E-state index contributed by atoms with van der Waals surface area (Å²) in [6.45, 7) is -5.50. The van der Waals surface area contributed by atoms with Gasteiger partial charge in [0.05, 0.1) is 39.6 Å². The van der Waals surface area contributed by atoms with Gasteiger partial charge in [0.1, 0.15) is 111 Å². The van der Waals surface area contributed by atoms with E-state index in [1.165, 1.54) is 0 Å². The van der Waals surface area contributed by atoms with E-state index in [-0.39, 0.29) is 0 Å². The van der Waals surface area contributed by atoms with Crippen LogP contribution in [0.3, 0.4) is 0 Å². The molecular weight excluding hydrogens is 896 g/mol. The van der Waals surface area contributed by atoms with Crippen LogP contribution < -0.4 is 32.0 Å². The first kappa shape index (κ1) is 52.8. The summed E-state index contributed by atoms with van der Waals surface area (Å²) in [7, 11) is 0. The number of rotatable bonds is 20. The van der Waals surface area contributed by atoms with E-state index >= 15 is 0 Å². The van der Waals surface area contributed by atoms with Crippen LogP contribution in [0.5, 0.6) is 11.5 Å². The molecule has 5 rings (SSSR count). The summed E-state index contributed by atoms with van der Waals surface area (Å²) < 4.78 is 60.3. The first-order valence-electron chi connectivity index (χ1n) is 19.8. The number of amides is 2. The first-order valence-corrected chi connectivity index (χ1v) is 19.8. The Labute approximate surface area is 365 Å². The molecule has 31 nitrogen and oxygen atoms in total. The number of hydrogen-bond donors (Lipinski definition) is 18. The van der Waals surface area contributed by atoms with Crippen LogP contribution in [0.25, 0.3) is 0 Å². The van der Waals surface area contributed by atoms with Crippen LogP contribution in [0, 0.1) is 0 Å². The Morgan fingerprint density at radius 3 is 1.09 bits per heavy atom. The van der Waals surface area contributed by atoms with Gasteiger partial charge in [-0.15, -0.1) is 0 Å². The van der Waals surface area contributed by atoms with Gasteiger partial charge in [0.2, 0.25) is 23.0 Å². The number of aliphatic hydroxyl groups is 14. The summed E-state index contributed by atoms with van der Waals surface area (Å²) in [6.07, 6.45) is -34.5. The number of nitrogens with one attached hydrogen (secondary N) is 2. The highest BCUT2D eigenvalue weighted by atomic mass is 16.8. The zero-order valence-electron chi connectivity index (χ0n) is 33.9. The molecule has 31 heteroatoms. The van der Waals surface area contributed by atoms with E-state index in [4.69, 9.17) is 63.5 Å². The molecule has 0 spiro atoms. The minimum Gasteiger partial charge on any atom is -0.484 e. The van der Waals surface area contributed by atoms with Gasteiger partial charge in [-0.25, -0.2) is 11.7 Å². The number of hydrogen-bond acceptors (Lipinski definition) is 29. The second-order valence-corrected chi connectivity index (χ2v) is 14.8. The Kier molecular flexibility index (Phi) is 19.3. The van der Waals surface area contributed by atoms with Crippen LogP contribution in [0.2, 0.25) is 0 Å². The summed E-state index contributed by atoms with van der Waals surface area (Å²) in [5, 5.41) is 143. The molecule has 0 unspecified atom stereocenters. The van der Waals surface area contributed by atoms with E-state index in [0.717, 1.165) is 0 Å². The minimum atomic E-state index is -1.92. The number of furan rings is 1. The average Bonchev–Trinajstić information content (AvgIpc) is 3.67. The van der Waals surface area contributed by atoms with Crippen LogP contribution in [0.1, 0.15) is 21.1 Å². The molecule has 374 valence electrons. The summed E-state index contributed by atoms with van der Waals surface area (Å²) >= 11 is 0. The topological polar surface area (TPSA) is 499 Å². The SMILES string of the molecule is NNC(=O)c1oc(C(=O)NN)c(OCCO[C@H]2O[C@H](CO)[C@@H](O[C@H]3O[C@H](CO)[C@@H](O)[C@H](O)[C@H]3O)[C@H](O)[C@H]2O)c1OCCO[C@H]1O[C@H](CO)[C@@H](O[C@H]2O[C@H](CO)[C@@H](O)[C@H](O)[C@H]2O)[C@H](O)[C@H]1O. The predicted molar refractivity (Wildman–Crippen MR) is 198 cm³/mol. The number of carbonyl (C=O) groups excluding carboxylic acids is 2. The van der Waals surface area contributed by atoms with Crippen LogP contribution in [-0.4, -0.2) is 259 Å². The second-order valence-electron chi connectivity index (χ2n) is 14.8. The lowest BCUT2D eigenvalue weighted by molar-refractivity contribution is -0.359. The van der Waals surface area contributed by atoms with Gasteiger partial charge in [0, 0.05) is 0 Å². The lowest BCUT2D eigenvalue weighted by Gasteiger charge is -2.45. The van der Waals surface area contributed by atoms with Crippen LogP contribution in [-0.2, 0) is 37.9 Å². The fraction of sp³-hybridized carbons (Fsp3) is 0.824. The fourth-order valence-electron chi connectivity index (χ4n) is 7.10.